The average molecular weight is 233 g/mol. The zero-order valence-electron chi connectivity index (χ0n) is 12.0. The number of hydrogen-bond acceptors (Lipinski definition) is 1. The molecule has 1 heterocycles. The molecule has 16 heavy (non-hydrogen) atoms. The minimum atomic E-state index is -0.608. The molecule has 2 atom stereocenters. The monoisotopic (exact) mass is 233 g/mol. The maximum absolute atomic E-state index is 12.5. The first kappa shape index (κ1) is 18.3. The summed E-state index contributed by atoms with van der Waals surface area (Å²) in [5.41, 5.74) is 0. The van der Waals surface area contributed by atoms with Crippen LogP contribution in [0.2, 0.25) is 0 Å². The normalized spacial score (nSPS) is 23.6. The molecule has 0 aromatic heterocycles. The number of rotatable bonds is 3. The number of alkyl halides is 1. The molecule has 1 rings (SSSR count). The second kappa shape index (κ2) is 14.9. The van der Waals surface area contributed by atoms with Crippen molar-refractivity contribution in [2.24, 2.45) is 5.92 Å². The lowest BCUT2D eigenvalue weighted by molar-refractivity contribution is 0.194. The van der Waals surface area contributed by atoms with Crippen LogP contribution in [0.5, 0.6) is 0 Å². The van der Waals surface area contributed by atoms with Gasteiger partial charge in [-0.1, -0.05) is 60.3 Å². The summed E-state index contributed by atoms with van der Waals surface area (Å²) in [6.45, 7) is 12.0. The third-order valence-electron chi connectivity index (χ3n) is 2.69. The van der Waals surface area contributed by atoms with E-state index in [0.717, 1.165) is 13.0 Å². The van der Waals surface area contributed by atoms with Gasteiger partial charge in [0.1, 0.15) is 6.17 Å². The lowest BCUT2D eigenvalue weighted by Gasteiger charge is -2.22. The molecule has 1 saturated heterocycles. The molecule has 1 aliphatic heterocycles. The van der Waals surface area contributed by atoms with Gasteiger partial charge in [-0.2, -0.15) is 0 Å². The second-order valence-electron chi connectivity index (χ2n) is 4.19. The van der Waals surface area contributed by atoms with Crippen LogP contribution in [0.15, 0.2) is 0 Å². The summed E-state index contributed by atoms with van der Waals surface area (Å²) in [5, 5.41) is 2.99. The van der Waals surface area contributed by atoms with Gasteiger partial charge in [-0.05, 0) is 18.9 Å². The summed E-state index contributed by atoms with van der Waals surface area (Å²) in [5.74, 6) is 0.274. The molecule has 1 aliphatic rings. The Bertz CT molecular complexity index is 103. The van der Waals surface area contributed by atoms with Gasteiger partial charge in [0.25, 0.3) is 0 Å². The summed E-state index contributed by atoms with van der Waals surface area (Å²) in [6, 6.07) is 0. The topological polar surface area (TPSA) is 12.0 Å². The third-order valence-corrected chi connectivity index (χ3v) is 2.69. The molecule has 1 fully saturated rings. The zero-order valence-corrected chi connectivity index (χ0v) is 12.0. The van der Waals surface area contributed by atoms with Crippen molar-refractivity contribution in [3.05, 3.63) is 0 Å². The second-order valence-corrected chi connectivity index (χ2v) is 4.19. The van der Waals surface area contributed by atoms with Gasteiger partial charge in [-0.3, -0.25) is 0 Å². The Morgan fingerprint density at radius 2 is 1.62 bits per heavy atom. The van der Waals surface area contributed by atoms with Gasteiger partial charge < -0.3 is 5.32 Å². The molecule has 2 heteroatoms. The molecule has 0 bridgehead atoms. The smallest absolute Gasteiger partial charge is 0.115 e. The number of halogens is 1. The van der Waals surface area contributed by atoms with Crippen LogP contribution in [0.25, 0.3) is 0 Å². The number of piperidine rings is 1. The van der Waals surface area contributed by atoms with Gasteiger partial charge >= 0.3 is 0 Å². The van der Waals surface area contributed by atoms with Crippen molar-refractivity contribution in [3.63, 3.8) is 0 Å². The number of hydrogen-bond donors (Lipinski definition) is 1. The fourth-order valence-electron chi connectivity index (χ4n) is 1.45. The van der Waals surface area contributed by atoms with Crippen LogP contribution in [0.1, 0.15) is 66.7 Å². The molecule has 0 saturated carbocycles. The number of nitrogens with one attached hydrogen (secondary N) is 1. The number of unbranched alkanes of at least 4 members (excludes halogenated alkanes) is 3. The largest absolute Gasteiger partial charge is 0.314 e. The minimum Gasteiger partial charge on any atom is -0.314 e. The van der Waals surface area contributed by atoms with Gasteiger partial charge in [0, 0.05) is 6.54 Å². The molecule has 1 nitrogen and oxygen atoms in total. The van der Waals surface area contributed by atoms with E-state index in [0.29, 0.717) is 6.54 Å². The first-order valence-corrected chi connectivity index (χ1v) is 7.07. The molecule has 1 N–H and O–H groups in total. The summed E-state index contributed by atoms with van der Waals surface area (Å²) >= 11 is 0. The Labute approximate surface area is 102 Å². The standard InChI is InChI=1S/C6H12FN.C6H14.C2H6/c1-5-2-3-8-4-6(5)7;1-3-5-6-4-2;1-2/h5-6,8H,2-4H2,1H3;3-6H2,1-2H3;1-2H3. The van der Waals surface area contributed by atoms with Crippen LogP contribution in [0.4, 0.5) is 4.39 Å². The van der Waals surface area contributed by atoms with E-state index in [1.54, 1.807) is 0 Å². The maximum Gasteiger partial charge on any atom is 0.115 e. The van der Waals surface area contributed by atoms with Crippen LogP contribution in [0, 0.1) is 5.92 Å². The van der Waals surface area contributed by atoms with E-state index in [1.165, 1.54) is 25.7 Å². The van der Waals surface area contributed by atoms with E-state index in [9.17, 15) is 4.39 Å². The Hall–Kier alpha value is -0.110. The summed E-state index contributed by atoms with van der Waals surface area (Å²) < 4.78 is 12.5. The van der Waals surface area contributed by atoms with Crippen LogP contribution in [0.3, 0.4) is 0 Å². The van der Waals surface area contributed by atoms with Crippen molar-refractivity contribution in [2.45, 2.75) is 72.9 Å². The molecule has 0 amide bonds. The highest BCUT2D eigenvalue weighted by atomic mass is 19.1. The first-order chi connectivity index (χ1) is 7.72. The Balaban J connectivity index is 0. The maximum atomic E-state index is 12.5. The Kier molecular flexibility index (Phi) is 17.0. The van der Waals surface area contributed by atoms with E-state index in [4.69, 9.17) is 0 Å². The van der Waals surface area contributed by atoms with E-state index >= 15 is 0 Å². The van der Waals surface area contributed by atoms with Crippen molar-refractivity contribution < 1.29 is 4.39 Å². The van der Waals surface area contributed by atoms with Crippen LogP contribution in [-0.4, -0.2) is 19.3 Å². The van der Waals surface area contributed by atoms with Crippen LogP contribution < -0.4 is 5.32 Å². The van der Waals surface area contributed by atoms with Gasteiger partial charge in [-0.25, -0.2) is 4.39 Å². The molecular formula is C14H32FN. The lowest BCUT2D eigenvalue weighted by atomic mass is 9.99. The SMILES string of the molecule is CC.CC1CCNCC1F.CCCCCC. The molecule has 0 aromatic rings. The molecular weight excluding hydrogens is 201 g/mol. The van der Waals surface area contributed by atoms with Crippen molar-refractivity contribution in [1.29, 1.82) is 0 Å². The highest BCUT2D eigenvalue weighted by Gasteiger charge is 2.18. The fourth-order valence-corrected chi connectivity index (χ4v) is 1.45. The van der Waals surface area contributed by atoms with Gasteiger partial charge in [0.05, 0.1) is 0 Å². The molecule has 2 unspecified atom stereocenters. The lowest BCUT2D eigenvalue weighted by Crippen LogP contribution is -2.36. The van der Waals surface area contributed by atoms with Crippen molar-refractivity contribution >= 4 is 0 Å². The highest BCUT2D eigenvalue weighted by molar-refractivity contribution is 4.73. The van der Waals surface area contributed by atoms with E-state index in [-0.39, 0.29) is 5.92 Å². The third kappa shape index (κ3) is 12.0. The van der Waals surface area contributed by atoms with Crippen LogP contribution >= 0.6 is 0 Å². The average Bonchev–Trinajstić information content (AvgIpc) is 2.34. The van der Waals surface area contributed by atoms with Gasteiger partial charge in [0.15, 0.2) is 0 Å². The van der Waals surface area contributed by atoms with Crippen LogP contribution in [-0.2, 0) is 0 Å². The minimum absolute atomic E-state index is 0.274. The zero-order chi connectivity index (χ0) is 12.8. The summed E-state index contributed by atoms with van der Waals surface area (Å²) in [7, 11) is 0. The summed E-state index contributed by atoms with van der Waals surface area (Å²) in [4.78, 5) is 0. The highest BCUT2D eigenvalue weighted by Crippen LogP contribution is 2.13. The van der Waals surface area contributed by atoms with Crippen molar-refractivity contribution in [3.8, 4) is 0 Å². The Morgan fingerprint density at radius 3 is 1.88 bits per heavy atom. The first-order valence-electron chi connectivity index (χ1n) is 7.07. The van der Waals surface area contributed by atoms with Crippen molar-refractivity contribution in [2.75, 3.05) is 13.1 Å². The van der Waals surface area contributed by atoms with Gasteiger partial charge in [0.2, 0.25) is 0 Å². The Morgan fingerprint density at radius 1 is 1.12 bits per heavy atom. The molecule has 0 aromatic carbocycles. The predicted molar refractivity (Wildman–Crippen MR) is 72.7 cm³/mol. The fraction of sp³-hybridized carbons (Fsp3) is 1.00. The summed E-state index contributed by atoms with van der Waals surface area (Å²) in [6.07, 6.45) is 5.92. The van der Waals surface area contributed by atoms with E-state index < -0.39 is 6.17 Å². The van der Waals surface area contributed by atoms with Gasteiger partial charge in [-0.15, -0.1) is 0 Å². The quantitative estimate of drug-likeness (QED) is 0.704. The molecule has 0 spiro atoms. The molecule has 100 valence electrons. The van der Waals surface area contributed by atoms with Crippen molar-refractivity contribution in [1.82, 2.24) is 5.32 Å². The van der Waals surface area contributed by atoms with E-state index in [1.807, 2.05) is 20.8 Å². The predicted octanol–water partition coefficient (Wildman–Crippen LogP) is 4.57. The van der Waals surface area contributed by atoms with E-state index in [2.05, 4.69) is 19.2 Å². The molecule has 0 radical (unpaired) electrons. The molecule has 0 aliphatic carbocycles.